The second-order valence-corrected chi connectivity index (χ2v) is 11.3. The average Bonchev–Trinajstić information content (AvgIpc) is 3.03. The van der Waals surface area contributed by atoms with Crippen LogP contribution in [0.25, 0.3) is 0 Å². The molecular weight excluding hydrogens is 384 g/mol. The average molecular weight is 427 g/mol. The fourth-order valence-electron chi connectivity index (χ4n) is 8.77. The molecule has 0 saturated heterocycles. The third kappa shape index (κ3) is 3.55. The molecule has 0 radical (unpaired) electrons. The first kappa shape index (κ1) is 23.3. The van der Waals surface area contributed by atoms with E-state index in [0.717, 1.165) is 30.1 Å². The highest BCUT2D eigenvalue weighted by molar-refractivity contribution is 5.85. The van der Waals surface area contributed by atoms with Crippen LogP contribution in [0.15, 0.2) is 0 Å². The van der Waals surface area contributed by atoms with Gasteiger partial charge in [-0.25, -0.2) is 0 Å². The minimum Gasteiger partial charge on any atom is -0.393 e. The van der Waals surface area contributed by atoms with Gasteiger partial charge in [-0.05, 0) is 105 Å². The van der Waals surface area contributed by atoms with Gasteiger partial charge in [0.05, 0.1) is 12.6 Å². The second-order valence-electron chi connectivity index (χ2n) is 11.3. The molecule has 0 spiro atoms. The molecule has 0 heterocycles. The first-order valence-electron chi connectivity index (χ1n) is 11.9. The Balaban J connectivity index is 0.00000240. The Kier molecular flexibility index (Phi) is 6.69. The molecule has 5 heteroatoms. The molecule has 4 aliphatic carbocycles. The molecule has 4 saturated carbocycles. The maximum Gasteiger partial charge on any atom is 0.236 e. The fraction of sp³-hybridized carbons (Fsp3) is 0.958. The molecular formula is C24H43ClN2O2. The lowest BCUT2D eigenvalue weighted by atomic mass is 9.44. The van der Waals surface area contributed by atoms with Gasteiger partial charge in [0, 0.05) is 13.1 Å². The Morgan fingerprint density at radius 1 is 1.07 bits per heavy atom. The van der Waals surface area contributed by atoms with Crippen LogP contribution in [0.1, 0.15) is 78.6 Å². The van der Waals surface area contributed by atoms with E-state index >= 15 is 0 Å². The molecule has 29 heavy (non-hydrogen) atoms. The molecule has 0 aromatic rings. The molecule has 0 bridgehead atoms. The molecule has 1 amide bonds. The summed E-state index contributed by atoms with van der Waals surface area (Å²) in [6.45, 7) is 7.23. The van der Waals surface area contributed by atoms with Gasteiger partial charge in [0.25, 0.3) is 0 Å². The van der Waals surface area contributed by atoms with E-state index < -0.39 is 0 Å². The van der Waals surface area contributed by atoms with Crippen molar-refractivity contribution in [1.29, 1.82) is 0 Å². The van der Waals surface area contributed by atoms with Crippen LogP contribution in [0.4, 0.5) is 0 Å². The zero-order valence-corrected chi connectivity index (χ0v) is 19.7. The van der Waals surface area contributed by atoms with Gasteiger partial charge >= 0.3 is 0 Å². The number of nitrogens with zero attached hydrogens (tertiary/aromatic N) is 1. The van der Waals surface area contributed by atoms with Crippen LogP contribution >= 0.6 is 12.4 Å². The van der Waals surface area contributed by atoms with Crippen molar-refractivity contribution < 1.29 is 9.90 Å². The number of likely N-dealkylation sites (N-methyl/N-ethyl adjacent to an activating group) is 1. The van der Waals surface area contributed by atoms with Gasteiger partial charge in [-0.1, -0.05) is 13.8 Å². The highest BCUT2D eigenvalue weighted by atomic mass is 35.5. The predicted octanol–water partition coefficient (Wildman–Crippen LogP) is 4.23. The maximum atomic E-state index is 12.1. The van der Waals surface area contributed by atoms with Gasteiger partial charge in [0.15, 0.2) is 0 Å². The smallest absolute Gasteiger partial charge is 0.236 e. The van der Waals surface area contributed by atoms with Gasteiger partial charge in [0.2, 0.25) is 5.91 Å². The molecule has 0 aromatic heterocycles. The summed E-state index contributed by atoms with van der Waals surface area (Å²) >= 11 is 0. The number of carbonyl (C=O) groups is 1. The number of aliphatic hydroxyl groups excluding tert-OH is 1. The van der Waals surface area contributed by atoms with Crippen LogP contribution in [0.2, 0.25) is 0 Å². The van der Waals surface area contributed by atoms with E-state index in [1.54, 1.807) is 0 Å². The Morgan fingerprint density at radius 3 is 2.38 bits per heavy atom. The van der Waals surface area contributed by atoms with E-state index in [1.807, 2.05) is 18.9 Å². The molecule has 0 aliphatic heterocycles. The molecule has 3 N–H and O–H groups in total. The zero-order valence-electron chi connectivity index (χ0n) is 18.9. The summed E-state index contributed by atoms with van der Waals surface area (Å²) in [5.74, 6) is 3.83. The maximum absolute atomic E-state index is 12.1. The second kappa shape index (κ2) is 8.31. The summed E-state index contributed by atoms with van der Waals surface area (Å²) in [5.41, 5.74) is 6.40. The first-order valence-corrected chi connectivity index (χ1v) is 11.9. The van der Waals surface area contributed by atoms with Crippen LogP contribution in [0.5, 0.6) is 0 Å². The van der Waals surface area contributed by atoms with E-state index in [2.05, 4.69) is 13.8 Å². The molecule has 9 atom stereocenters. The van der Waals surface area contributed by atoms with E-state index in [0.29, 0.717) is 22.8 Å². The zero-order chi connectivity index (χ0) is 20.3. The van der Waals surface area contributed by atoms with E-state index in [4.69, 9.17) is 5.73 Å². The van der Waals surface area contributed by atoms with Crippen molar-refractivity contribution in [2.45, 2.75) is 90.7 Å². The monoisotopic (exact) mass is 426 g/mol. The number of nitrogens with two attached hydrogens (primary N) is 1. The van der Waals surface area contributed by atoms with Gasteiger partial charge < -0.3 is 15.7 Å². The SMILES string of the molecule is C[C@H](O)[C@H]1CC[C@H]2[C@@H]3CCC4CC(N(C)C(=O)CN)CC[C@]4(C)[C@H]3CC[C@]12C.Cl. The van der Waals surface area contributed by atoms with Crippen LogP contribution in [-0.4, -0.2) is 41.7 Å². The Labute approximate surface area is 183 Å². The number of halogens is 1. The van der Waals surface area contributed by atoms with Crippen molar-refractivity contribution in [2.24, 2.45) is 46.2 Å². The number of amides is 1. The van der Waals surface area contributed by atoms with Crippen LogP contribution < -0.4 is 5.73 Å². The quantitative estimate of drug-likeness (QED) is 0.709. The summed E-state index contributed by atoms with van der Waals surface area (Å²) in [5, 5.41) is 10.4. The normalized spacial score (nSPS) is 47.2. The minimum absolute atomic E-state index is 0. The standard InChI is InChI=1S/C24H42N2O2.ClH/c1-15(27)19-7-8-20-18-6-5-16-13-17(26(4)22(28)14-25)9-11-23(16,2)21(18)10-12-24(19,20)3;/h15-21,27H,5-14,25H2,1-4H3;1H/t15-,16?,17?,18-,19+,20-,21-,23-,24+;/m0./s1. The molecule has 4 rings (SSSR count). The third-order valence-corrected chi connectivity index (χ3v) is 10.4. The van der Waals surface area contributed by atoms with Crippen molar-refractivity contribution in [3.63, 3.8) is 0 Å². The van der Waals surface area contributed by atoms with E-state index in [9.17, 15) is 9.90 Å². The number of carbonyl (C=O) groups excluding carboxylic acids is 1. The van der Waals surface area contributed by atoms with Gasteiger partial charge in [-0.3, -0.25) is 4.79 Å². The Hall–Kier alpha value is -0.320. The first-order chi connectivity index (χ1) is 13.2. The van der Waals surface area contributed by atoms with Crippen molar-refractivity contribution >= 4 is 18.3 Å². The Bertz CT molecular complexity index is 614. The van der Waals surface area contributed by atoms with Crippen LogP contribution in [0.3, 0.4) is 0 Å². The lowest BCUT2D eigenvalue weighted by Crippen LogP contribution is -2.56. The lowest BCUT2D eigenvalue weighted by Gasteiger charge is -2.61. The minimum atomic E-state index is -0.162. The summed E-state index contributed by atoms with van der Waals surface area (Å²) in [6, 6.07) is 0.380. The van der Waals surface area contributed by atoms with Crippen LogP contribution in [0, 0.1) is 40.4 Å². The van der Waals surface area contributed by atoms with E-state index in [1.165, 1.54) is 51.4 Å². The fourth-order valence-corrected chi connectivity index (χ4v) is 8.77. The summed E-state index contributed by atoms with van der Waals surface area (Å²) in [6.07, 6.45) is 11.3. The Morgan fingerprint density at radius 2 is 1.72 bits per heavy atom. The van der Waals surface area contributed by atoms with Gasteiger partial charge in [0.1, 0.15) is 0 Å². The number of hydrogen-bond donors (Lipinski definition) is 2. The molecule has 4 fully saturated rings. The van der Waals surface area contributed by atoms with Gasteiger partial charge in [-0.15, -0.1) is 12.4 Å². The third-order valence-electron chi connectivity index (χ3n) is 10.4. The highest BCUT2D eigenvalue weighted by Gasteiger charge is 2.60. The summed E-state index contributed by atoms with van der Waals surface area (Å²) in [4.78, 5) is 14.0. The number of aliphatic hydroxyl groups is 1. The number of rotatable bonds is 3. The molecule has 4 nitrogen and oxygen atoms in total. The van der Waals surface area contributed by atoms with Crippen molar-refractivity contribution in [3.05, 3.63) is 0 Å². The number of hydrogen-bond acceptors (Lipinski definition) is 3. The molecule has 4 aliphatic rings. The topological polar surface area (TPSA) is 66.6 Å². The molecule has 168 valence electrons. The van der Waals surface area contributed by atoms with Crippen molar-refractivity contribution in [3.8, 4) is 0 Å². The number of fused-ring (bicyclic) bond motifs is 5. The van der Waals surface area contributed by atoms with Crippen molar-refractivity contribution in [1.82, 2.24) is 4.90 Å². The predicted molar refractivity (Wildman–Crippen MR) is 120 cm³/mol. The van der Waals surface area contributed by atoms with Crippen LogP contribution in [-0.2, 0) is 4.79 Å². The summed E-state index contributed by atoms with van der Waals surface area (Å²) < 4.78 is 0. The lowest BCUT2D eigenvalue weighted by molar-refractivity contribution is -0.141. The molecule has 0 aromatic carbocycles. The highest BCUT2D eigenvalue weighted by Crippen LogP contribution is 2.67. The summed E-state index contributed by atoms with van der Waals surface area (Å²) in [7, 11) is 1.95. The van der Waals surface area contributed by atoms with Gasteiger partial charge in [-0.2, -0.15) is 0 Å². The van der Waals surface area contributed by atoms with Crippen molar-refractivity contribution in [2.75, 3.05) is 13.6 Å². The largest absolute Gasteiger partial charge is 0.393 e. The molecule has 2 unspecified atom stereocenters. The van der Waals surface area contributed by atoms with E-state index in [-0.39, 0.29) is 31.0 Å².